The van der Waals surface area contributed by atoms with E-state index in [1.54, 1.807) is 24.3 Å². The first-order valence-electron chi connectivity index (χ1n) is 8.52. The number of aromatic nitrogens is 2. The monoisotopic (exact) mass is 420 g/mol. The van der Waals surface area contributed by atoms with Crippen molar-refractivity contribution in [2.24, 2.45) is 0 Å². The molecular formula is C20H15F3N2O5. The molecule has 0 saturated heterocycles. The number of aromatic carboxylic acids is 1. The molecule has 30 heavy (non-hydrogen) atoms. The summed E-state index contributed by atoms with van der Waals surface area (Å²) < 4.78 is 45.5. The van der Waals surface area contributed by atoms with Crippen molar-refractivity contribution in [3.8, 4) is 11.4 Å². The minimum atomic E-state index is -4.70. The largest absolute Gasteiger partial charge is 0.497 e. The summed E-state index contributed by atoms with van der Waals surface area (Å²) >= 11 is 0. The van der Waals surface area contributed by atoms with Gasteiger partial charge >= 0.3 is 17.8 Å². The Morgan fingerprint density at radius 3 is 2.33 bits per heavy atom. The van der Waals surface area contributed by atoms with Crippen LogP contribution in [0.4, 0.5) is 13.2 Å². The highest BCUT2D eigenvalue weighted by Gasteiger charge is 2.31. The van der Waals surface area contributed by atoms with Crippen LogP contribution in [0.15, 0.2) is 64.3 Å². The number of nitrogens with zero attached hydrogens (tertiary/aromatic N) is 2. The zero-order valence-corrected chi connectivity index (χ0v) is 15.5. The molecule has 0 unspecified atom stereocenters. The number of alkyl halides is 3. The van der Waals surface area contributed by atoms with Crippen molar-refractivity contribution in [3.05, 3.63) is 92.3 Å². The van der Waals surface area contributed by atoms with Gasteiger partial charge < -0.3 is 9.84 Å². The van der Waals surface area contributed by atoms with E-state index in [2.05, 4.69) is 0 Å². The second kappa shape index (κ2) is 7.90. The van der Waals surface area contributed by atoms with Crippen LogP contribution >= 0.6 is 0 Å². The van der Waals surface area contributed by atoms with Gasteiger partial charge in [-0.3, -0.25) is 9.36 Å². The van der Waals surface area contributed by atoms with E-state index in [1.165, 1.54) is 7.11 Å². The quantitative estimate of drug-likeness (QED) is 0.686. The predicted molar refractivity (Wildman–Crippen MR) is 100 cm³/mol. The van der Waals surface area contributed by atoms with E-state index in [0.29, 0.717) is 21.9 Å². The summed E-state index contributed by atoms with van der Waals surface area (Å²) in [5.41, 5.74) is -3.82. The van der Waals surface area contributed by atoms with Crippen molar-refractivity contribution in [3.63, 3.8) is 0 Å². The maximum Gasteiger partial charge on any atom is 0.416 e. The summed E-state index contributed by atoms with van der Waals surface area (Å²) in [5, 5.41) is 9.35. The molecule has 1 aromatic heterocycles. The van der Waals surface area contributed by atoms with Gasteiger partial charge in [0.15, 0.2) is 0 Å². The van der Waals surface area contributed by atoms with E-state index in [0.717, 1.165) is 29.0 Å². The fraction of sp³-hybridized carbons (Fsp3) is 0.150. The van der Waals surface area contributed by atoms with Crippen LogP contribution in [0.5, 0.6) is 5.75 Å². The van der Waals surface area contributed by atoms with Gasteiger partial charge in [-0.05, 0) is 35.9 Å². The molecule has 10 heteroatoms. The summed E-state index contributed by atoms with van der Waals surface area (Å²) in [4.78, 5) is 36.9. The average molecular weight is 420 g/mol. The van der Waals surface area contributed by atoms with E-state index in [1.807, 2.05) is 0 Å². The highest BCUT2D eigenvalue weighted by molar-refractivity contribution is 5.86. The van der Waals surface area contributed by atoms with Gasteiger partial charge in [0.25, 0.3) is 5.56 Å². The second-order valence-corrected chi connectivity index (χ2v) is 6.30. The van der Waals surface area contributed by atoms with Gasteiger partial charge in [-0.1, -0.05) is 18.2 Å². The zero-order chi connectivity index (χ0) is 22.1. The van der Waals surface area contributed by atoms with Crippen molar-refractivity contribution in [2.45, 2.75) is 12.7 Å². The van der Waals surface area contributed by atoms with E-state index in [-0.39, 0.29) is 12.2 Å². The van der Waals surface area contributed by atoms with Gasteiger partial charge in [0.05, 0.1) is 24.9 Å². The van der Waals surface area contributed by atoms with Crippen molar-refractivity contribution in [2.75, 3.05) is 7.11 Å². The van der Waals surface area contributed by atoms with Crippen LogP contribution in [0.2, 0.25) is 0 Å². The van der Waals surface area contributed by atoms with Crippen molar-refractivity contribution in [1.82, 2.24) is 9.13 Å². The van der Waals surface area contributed by atoms with Gasteiger partial charge in [0, 0.05) is 6.20 Å². The Morgan fingerprint density at radius 1 is 1.10 bits per heavy atom. The molecule has 1 heterocycles. The summed E-state index contributed by atoms with van der Waals surface area (Å²) in [7, 11) is 1.48. The first-order chi connectivity index (χ1) is 14.1. The first-order valence-corrected chi connectivity index (χ1v) is 8.52. The Morgan fingerprint density at radius 2 is 1.77 bits per heavy atom. The number of carboxylic acid groups (broad SMARTS) is 1. The molecule has 0 spiro atoms. The molecule has 1 N–H and O–H groups in total. The van der Waals surface area contributed by atoms with Crippen LogP contribution in [0.25, 0.3) is 5.69 Å². The summed E-state index contributed by atoms with van der Waals surface area (Å²) in [6.07, 6.45) is -3.83. The Balaban J connectivity index is 2.19. The third-order valence-corrected chi connectivity index (χ3v) is 4.33. The number of ether oxygens (including phenoxy) is 1. The van der Waals surface area contributed by atoms with Crippen LogP contribution in [-0.4, -0.2) is 27.3 Å². The van der Waals surface area contributed by atoms with Crippen LogP contribution in [0.3, 0.4) is 0 Å². The Kier molecular flexibility index (Phi) is 5.50. The summed E-state index contributed by atoms with van der Waals surface area (Å²) in [5.74, 6) is -1.05. The smallest absolute Gasteiger partial charge is 0.416 e. The number of benzene rings is 2. The number of hydrogen-bond acceptors (Lipinski definition) is 4. The minimum absolute atomic E-state index is 0.109. The van der Waals surface area contributed by atoms with E-state index >= 15 is 0 Å². The fourth-order valence-electron chi connectivity index (χ4n) is 2.84. The normalized spacial score (nSPS) is 11.3. The predicted octanol–water partition coefficient (Wildman–Crippen LogP) is 2.77. The lowest BCUT2D eigenvalue weighted by Gasteiger charge is -2.14. The Labute approximate surface area is 167 Å². The first kappa shape index (κ1) is 20.9. The van der Waals surface area contributed by atoms with Crippen LogP contribution in [-0.2, 0) is 12.7 Å². The molecule has 0 radical (unpaired) electrons. The molecule has 0 bridgehead atoms. The molecule has 0 fully saturated rings. The van der Waals surface area contributed by atoms with Crippen molar-refractivity contribution >= 4 is 5.97 Å². The lowest BCUT2D eigenvalue weighted by atomic mass is 10.2. The van der Waals surface area contributed by atoms with Gasteiger partial charge in [0.1, 0.15) is 11.3 Å². The molecule has 3 aromatic rings. The van der Waals surface area contributed by atoms with Crippen LogP contribution in [0, 0.1) is 0 Å². The topological polar surface area (TPSA) is 90.5 Å². The average Bonchev–Trinajstić information content (AvgIpc) is 2.70. The van der Waals surface area contributed by atoms with Gasteiger partial charge in [-0.25, -0.2) is 14.2 Å². The maximum absolute atomic E-state index is 13.0. The second-order valence-electron chi connectivity index (χ2n) is 6.30. The molecule has 7 nitrogen and oxygen atoms in total. The number of carbonyl (C=O) groups is 1. The van der Waals surface area contributed by atoms with Crippen molar-refractivity contribution < 1.29 is 27.8 Å². The van der Waals surface area contributed by atoms with Crippen molar-refractivity contribution in [1.29, 1.82) is 0 Å². The molecule has 0 aliphatic heterocycles. The van der Waals surface area contributed by atoms with E-state index in [4.69, 9.17) is 4.74 Å². The molecule has 0 saturated carbocycles. The Bertz CT molecular complexity index is 1210. The number of hydrogen-bond donors (Lipinski definition) is 1. The number of methoxy groups -OCH3 is 1. The maximum atomic E-state index is 13.0. The Hall–Kier alpha value is -3.82. The molecule has 2 aromatic carbocycles. The fourth-order valence-corrected chi connectivity index (χ4v) is 2.84. The van der Waals surface area contributed by atoms with Gasteiger partial charge in [-0.15, -0.1) is 0 Å². The molecule has 0 aliphatic rings. The molecule has 0 amide bonds. The van der Waals surface area contributed by atoms with E-state index < -0.39 is 34.5 Å². The van der Waals surface area contributed by atoms with E-state index in [9.17, 15) is 32.7 Å². The lowest BCUT2D eigenvalue weighted by molar-refractivity contribution is -0.137. The highest BCUT2D eigenvalue weighted by atomic mass is 19.4. The molecule has 156 valence electrons. The lowest BCUT2D eigenvalue weighted by Crippen LogP contribution is -2.41. The van der Waals surface area contributed by atoms with Crippen LogP contribution in [0.1, 0.15) is 21.5 Å². The molecular weight excluding hydrogens is 405 g/mol. The number of carboxylic acids is 1. The number of rotatable bonds is 5. The third kappa shape index (κ3) is 4.12. The summed E-state index contributed by atoms with van der Waals surface area (Å²) in [6, 6.07) is 10.1. The molecule has 0 aliphatic carbocycles. The van der Waals surface area contributed by atoms with Crippen LogP contribution < -0.4 is 16.0 Å². The van der Waals surface area contributed by atoms with Gasteiger partial charge in [0.2, 0.25) is 0 Å². The number of halogens is 3. The highest BCUT2D eigenvalue weighted by Crippen LogP contribution is 2.29. The SMILES string of the molecule is COc1ccc(Cn2cc(C(=O)O)c(=O)n(-c3cccc(C(F)(F)F)c3)c2=O)cc1. The zero-order valence-electron chi connectivity index (χ0n) is 15.5. The third-order valence-electron chi connectivity index (χ3n) is 4.33. The summed E-state index contributed by atoms with van der Waals surface area (Å²) in [6.45, 7) is -0.109. The molecule has 0 atom stereocenters. The minimum Gasteiger partial charge on any atom is -0.497 e. The van der Waals surface area contributed by atoms with Gasteiger partial charge in [-0.2, -0.15) is 13.2 Å². The standard InChI is InChI=1S/C20H15F3N2O5/c1-30-15-7-5-12(6-8-15)10-24-11-16(18(27)28)17(26)25(19(24)29)14-4-2-3-13(9-14)20(21,22)23/h2-9,11H,10H2,1H3,(H,27,28). The molecule has 3 rings (SSSR count).